The molecule has 0 aliphatic carbocycles. The van der Waals surface area contributed by atoms with Crippen molar-refractivity contribution in [3.63, 3.8) is 0 Å². The first-order chi connectivity index (χ1) is 8.77. The van der Waals surface area contributed by atoms with Crippen LogP contribution in [-0.2, 0) is 4.79 Å². The van der Waals surface area contributed by atoms with Crippen LogP contribution in [0, 0.1) is 0 Å². The Morgan fingerprint density at radius 3 is 2.11 bits per heavy atom. The normalized spacial score (nSPS) is 12.5. The zero-order valence-corrected chi connectivity index (χ0v) is 11.2. The van der Waals surface area contributed by atoms with Crippen molar-refractivity contribution >= 4 is 5.97 Å². The molecule has 2 nitrogen and oxygen atoms in total. The van der Waals surface area contributed by atoms with Crippen LogP contribution in [0.1, 0.15) is 45.4 Å². The molecule has 2 heteroatoms. The summed E-state index contributed by atoms with van der Waals surface area (Å²) in [4.78, 5) is 10.2. The molecule has 0 fully saturated rings. The number of hydrogen-bond acceptors (Lipinski definition) is 1. The van der Waals surface area contributed by atoms with Crippen molar-refractivity contribution < 1.29 is 9.90 Å². The van der Waals surface area contributed by atoms with E-state index in [1.165, 1.54) is 6.42 Å². The van der Waals surface area contributed by atoms with E-state index >= 15 is 0 Å². The fraction of sp³-hybridized carbons (Fsp3) is 0.438. The predicted octanol–water partition coefficient (Wildman–Crippen LogP) is 4.66. The van der Waals surface area contributed by atoms with Crippen LogP contribution in [0.15, 0.2) is 48.6 Å². The molecule has 18 heavy (non-hydrogen) atoms. The Morgan fingerprint density at radius 2 is 1.50 bits per heavy atom. The molecule has 0 saturated heterocycles. The van der Waals surface area contributed by atoms with Crippen molar-refractivity contribution in [2.45, 2.75) is 45.4 Å². The van der Waals surface area contributed by atoms with E-state index in [4.69, 9.17) is 5.11 Å². The minimum Gasteiger partial charge on any atom is -0.481 e. The second-order valence-corrected chi connectivity index (χ2v) is 3.98. The molecule has 0 unspecified atom stereocenters. The number of carboxylic acid groups (broad SMARTS) is 1. The molecule has 0 radical (unpaired) electrons. The van der Waals surface area contributed by atoms with Crippen molar-refractivity contribution in [1.82, 2.24) is 0 Å². The van der Waals surface area contributed by atoms with E-state index in [-0.39, 0.29) is 6.42 Å². The highest BCUT2D eigenvalue weighted by Crippen LogP contribution is 1.99. The first kappa shape index (κ1) is 16.4. The SMILES string of the molecule is CC/C=C/CCC/C=C/C=C/C=C/CCC(=O)O. The lowest BCUT2D eigenvalue weighted by Gasteiger charge is -1.88. The molecule has 0 amide bonds. The van der Waals surface area contributed by atoms with Gasteiger partial charge in [-0.05, 0) is 32.1 Å². The minimum absolute atomic E-state index is 0.200. The van der Waals surface area contributed by atoms with Crippen molar-refractivity contribution in [3.8, 4) is 0 Å². The Balaban J connectivity index is 3.45. The van der Waals surface area contributed by atoms with Gasteiger partial charge in [0.25, 0.3) is 0 Å². The van der Waals surface area contributed by atoms with Gasteiger partial charge in [0.1, 0.15) is 0 Å². The summed E-state index contributed by atoms with van der Waals surface area (Å²) in [5.41, 5.74) is 0. The molecule has 0 bridgehead atoms. The molecule has 0 aromatic heterocycles. The second kappa shape index (κ2) is 13.5. The maximum atomic E-state index is 10.2. The molecule has 0 aromatic carbocycles. The number of allylic oxidation sites excluding steroid dienone is 8. The zero-order valence-electron chi connectivity index (χ0n) is 11.2. The van der Waals surface area contributed by atoms with E-state index in [0.29, 0.717) is 6.42 Å². The van der Waals surface area contributed by atoms with Gasteiger partial charge in [-0.15, -0.1) is 0 Å². The van der Waals surface area contributed by atoms with Crippen molar-refractivity contribution in [2.75, 3.05) is 0 Å². The van der Waals surface area contributed by atoms with Crippen LogP contribution in [0.5, 0.6) is 0 Å². The number of unbranched alkanes of at least 4 members (excludes halogenated alkanes) is 2. The van der Waals surface area contributed by atoms with Gasteiger partial charge >= 0.3 is 5.97 Å². The largest absolute Gasteiger partial charge is 0.481 e. The molecular weight excluding hydrogens is 224 g/mol. The highest BCUT2D eigenvalue weighted by Gasteiger charge is 1.90. The Labute approximate surface area is 110 Å². The topological polar surface area (TPSA) is 37.3 Å². The lowest BCUT2D eigenvalue weighted by molar-refractivity contribution is -0.136. The third kappa shape index (κ3) is 14.4. The Bertz CT molecular complexity index is 309. The van der Waals surface area contributed by atoms with Gasteiger partial charge in [0.2, 0.25) is 0 Å². The maximum absolute atomic E-state index is 10.2. The molecule has 0 saturated carbocycles. The quantitative estimate of drug-likeness (QED) is 0.347. The highest BCUT2D eigenvalue weighted by atomic mass is 16.4. The van der Waals surface area contributed by atoms with E-state index in [1.807, 2.05) is 30.4 Å². The smallest absolute Gasteiger partial charge is 0.303 e. The number of rotatable bonds is 10. The van der Waals surface area contributed by atoms with Gasteiger partial charge in [-0.1, -0.05) is 55.5 Å². The van der Waals surface area contributed by atoms with Crippen LogP contribution in [0.4, 0.5) is 0 Å². The minimum atomic E-state index is -0.749. The fourth-order valence-corrected chi connectivity index (χ4v) is 1.32. The molecule has 100 valence electrons. The number of carboxylic acids is 1. The average Bonchev–Trinajstić information content (AvgIpc) is 2.34. The van der Waals surface area contributed by atoms with Gasteiger partial charge in [0.05, 0.1) is 0 Å². The Kier molecular flexibility index (Phi) is 12.3. The first-order valence-corrected chi connectivity index (χ1v) is 6.62. The lowest BCUT2D eigenvalue weighted by atomic mass is 10.2. The summed E-state index contributed by atoms with van der Waals surface area (Å²) in [6.45, 7) is 2.14. The van der Waals surface area contributed by atoms with Gasteiger partial charge in [0, 0.05) is 6.42 Å². The summed E-state index contributed by atoms with van der Waals surface area (Å²) in [6.07, 6.45) is 21.6. The monoisotopic (exact) mass is 248 g/mol. The van der Waals surface area contributed by atoms with Crippen molar-refractivity contribution in [3.05, 3.63) is 48.6 Å². The fourth-order valence-electron chi connectivity index (χ4n) is 1.32. The van der Waals surface area contributed by atoms with Gasteiger partial charge in [-0.2, -0.15) is 0 Å². The van der Waals surface area contributed by atoms with Crippen LogP contribution in [0.3, 0.4) is 0 Å². The molecular formula is C16H24O2. The van der Waals surface area contributed by atoms with Crippen LogP contribution in [0.25, 0.3) is 0 Å². The van der Waals surface area contributed by atoms with E-state index in [2.05, 4.69) is 25.2 Å². The summed E-state index contributed by atoms with van der Waals surface area (Å²) >= 11 is 0. The van der Waals surface area contributed by atoms with Gasteiger partial charge < -0.3 is 5.11 Å². The Morgan fingerprint density at radius 1 is 0.889 bits per heavy atom. The second-order valence-electron chi connectivity index (χ2n) is 3.98. The molecule has 0 spiro atoms. The standard InChI is InChI=1S/C16H24O2/c1-2-3-4-5-6-7-8-9-10-11-12-13-14-15-16(17)18/h3-4,8-13H,2,5-7,14-15H2,1H3,(H,17,18)/b4-3+,9-8+,11-10+,13-12+. The highest BCUT2D eigenvalue weighted by molar-refractivity contribution is 5.66. The summed E-state index contributed by atoms with van der Waals surface area (Å²) in [6, 6.07) is 0. The van der Waals surface area contributed by atoms with E-state index < -0.39 is 5.97 Å². The molecule has 0 heterocycles. The third-order valence-electron chi connectivity index (χ3n) is 2.27. The molecule has 1 N–H and O–H groups in total. The third-order valence-corrected chi connectivity index (χ3v) is 2.27. The molecule has 0 aliphatic heterocycles. The summed E-state index contributed by atoms with van der Waals surface area (Å²) in [7, 11) is 0. The summed E-state index contributed by atoms with van der Waals surface area (Å²) < 4.78 is 0. The number of aliphatic carboxylic acids is 1. The average molecular weight is 248 g/mol. The zero-order chi connectivity index (χ0) is 13.5. The van der Waals surface area contributed by atoms with E-state index in [1.54, 1.807) is 0 Å². The molecule has 0 rings (SSSR count). The Hall–Kier alpha value is -1.57. The van der Waals surface area contributed by atoms with Crippen LogP contribution >= 0.6 is 0 Å². The van der Waals surface area contributed by atoms with Crippen LogP contribution in [0.2, 0.25) is 0 Å². The maximum Gasteiger partial charge on any atom is 0.303 e. The summed E-state index contributed by atoms with van der Waals surface area (Å²) in [5.74, 6) is -0.749. The molecule has 0 aromatic rings. The van der Waals surface area contributed by atoms with Crippen LogP contribution in [-0.4, -0.2) is 11.1 Å². The van der Waals surface area contributed by atoms with Gasteiger partial charge in [0.15, 0.2) is 0 Å². The summed E-state index contributed by atoms with van der Waals surface area (Å²) in [5, 5.41) is 8.42. The van der Waals surface area contributed by atoms with E-state index in [0.717, 1.165) is 19.3 Å². The van der Waals surface area contributed by atoms with Crippen molar-refractivity contribution in [1.29, 1.82) is 0 Å². The first-order valence-electron chi connectivity index (χ1n) is 6.62. The number of hydrogen-bond donors (Lipinski definition) is 1. The lowest BCUT2D eigenvalue weighted by Crippen LogP contribution is -1.91. The van der Waals surface area contributed by atoms with Crippen LogP contribution < -0.4 is 0 Å². The number of carbonyl (C=O) groups is 1. The predicted molar refractivity (Wildman–Crippen MR) is 77.6 cm³/mol. The van der Waals surface area contributed by atoms with Crippen molar-refractivity contribution in [2.24, 2.45) is 0 Å². The van der Waals surface area contributed by atoms with Gasteiger partial charge in [-0.25, -0.2) is 0 Å². The van der Waals surface area contributed by atoms with Gasteiger partial charge in [-0.3, -0.25) is 4.79 Å². The molecule has 0 aliphatic rings. The van der Waals surface area contributed by atoms with E-state index in [9.17, 15) is 4.79 Å². The molecule has 0 atom stereocenters.